The number of rotatable bonds is 4. The van der Waals surface area contributed by atoms with Gasteiger partial charge in [0.25, 0.3) is 0 Å². The molecule has 4 unspecified atom stereocenters. The Bertz CT molecular complexity index is 423. The molecular formula is C13H19NO5S. The van der Waals surface area contributed by atoms with Crippen LogP contribution >= 0.6 is 11.8 Å². The average molecular weight is 301 g/mol. The highest BCUT2D eigenvalue weighted by molar-refractivity contribution is 8.01. The molecule has 2 N–H and O–H groups in total. The van der Waals surface area contributed by atoms with Gasteiger partial charge >= 0.3 is 5.97 Å². The van der Waals surface area contributed by atoms with Gasteiger partial charge in [-0.1, -0.05) is 0 Å². The van der Waals surface area contributed by atoms with Gasteiger partial charge in [-0.3, -0.25) is 4.79 Å². The number of thioether (sulfide) groups is 1. The zero-order chi connectivity index (χ0) is 14.4. The number of β-lactam (4-membered cyclic amide) rings is 1. The average Bonchev–Trinajstić information content (AvgIpc) is 2.95. The van der Waals surface area contributed by atoms with Gasteiger partial charge in [0, 0.05) is 18.5 Å². The van der Waals surface area contributed by atoms with E-state index >= 15 is 0 Å². The summed E-state index contributed by atoms with van der Waals surface area (Å²) in [6.45, 7) is 3.01. The molecule has 0 aromatic carbocycles. The number of amides is 1. The van der Waals surface area contributed by atoms with Crippen LogP contribution in [-0.4, -0.2) is 63.0 Å². The number of aliphatic carboxylic acids is 1. The topological polar surface area (TPSA) is 87.1 Å². The number of ether oxygens (including phenoxy) is 1. The van der Waals surface area contributed by atoms with E-state index in [1.54, 1.807) is 6.92 Å². The second kappa shape index (κ2) is 5.20. The van der Waals surface area contributed by atoms with Crippen LogP contribution in [0.25, 0.3) is 0 Å². The fourth-order valence-electron chi connectivity index (χ4n) is 3.39. The first-order chi connectivity index (χ1) is 9.50. The minimum atomic E-state index is -0.943. The summed E-state index contributed by atoms with van der Waals surface area (Å²) in [6, 6.07) is -0.756. The van der Waals surface area contributed by atoms with Gasteiger partial charge in [-0.2, -0.15) is 0 Å². The van der Waals surface area contributed by atoms with Gasteiger partial charge in [0.1, 0.15) is 6.04 Å². The number of hydrogen-bond donors (Lipinski definition) is 2. The van der Waals surface area contributed by atoms with Crippen LogP contribution in [-0.2, 0) is 14.3 Å². The van der Waals surface area contributed by atoms with E-state index in [1.165, 1.54) is 16.7 Å². The van der Waals surface area contributed by atoms with Gasteiger partial charge in [-0.15, -0.1) is 11.8 Å². The maximum Gasteiger partial charge on any atom is 0.327 e. The maximum atomic E-state index is 12.0. The first-order valence-electron chi connectivity index (χ1n) is 6.97. The third-order valence-corrected chi connectivity index (χ3v) is 6.05. The van der Waals surface area contributed by atoms with Crippen LogP contribution in [0, 0.1) is 11.8 Å². The van der Waals surface area contributed by atoms with E-state index in [9.17, 15) is 19.8 Å². The molecule has 1 amide bonds. The van der Waals surface area contributed by atoms with Crippen molar-refractivity contribution in [1.82, 2.24) is 4.90 Å². The van der Waals surface area contributed by atoms with E-state index in [0.29, 0.717) is 12.5 Å². The van der Waals surface area contributed by atoms with Crippen molar-refractivity contribution in [2.24, 2.45) is 11.8 Å². The fraction of sp³-hybridized carbons (Fsp3) is 0.846. The number of hydrogen-bond acceptors (Lipinski definition) is 5. The molecule has 0 aromatic rings. The Hall–Kier alpha value is -0.790. The smallest absolute Gasteiger partial charge is 0.327 e. The number of carboxylic acids is 1. The Morgan fingerprint density at radius 1 is 1.60 bits per heavy atom. The molecule has 0 bridgehead atoms. The molecule has 3 aliphatic heterocycles. The van der Waals surface area contributed by atoms with Crippen LogP contribution < -0.4 is 0 Å². The Labute approximate surface area is 121 Å². The van der Waals surface area contributed by atoms with E-state index in [4.69, 9.17) is 4.74 Å². The number of carbonyl (C=O) groups excluding carboxylic acids is 1. The summed E-state index contributed by atoms with van der Waals surface area (Å²) in [5, 5.41) is 18.8. The Kier molecular flexibility index (Phi) is 3.68. The lowest BCUT2D eigenvalue weighted by atomic mass is 9.89. The molecule has 20 heavy (non-hydrogen) atoms. The number of carbonyl (C=O) groups is 2. The Morgan fingerprint density at radius 3 is 2.90 bits per heavy atom. The zero-order valence-electron chi connectivity index (χ0n) is 11.3. The lowest BCUT2D eigenvalue weighted by Gasteiger charge is -2.44. The number of fused-ring (bicyclic) bond motifs is 1. The van der Waals surface area contributed by atoms with Gasteiger partial charge in [-0.25, -0.2) is 4.79 Å². The Balaban J connectivity index is 1.74. The molecule has 3 aliphatic rings. The molecule has 6 atom stereocenters. The predicted octanol–water partition coefficient (Wildman–Crippen LogP) is 0.147. The lowest BCUT2D eigenvalue weighted by molar-refractivity contribution is -0.167. The molecular weight excluding hydrogens is 282 g/mol. The van der Waals surface area contributed by atoms with Crippen LogP contribution in [0.1, 0.15) is 19.8 Å². The molecule has 3 rings (SSSR count). The quantitative estimate of drug-likeness (QED) is 0.719. The van der Waals surface area contributed by atoms with Crippen molar-refractivity contribution in [2.45, 2.75) is 42.5 Å². The number of aliphatic hydroxyl groups excluding tert-OH is 1. The summed E-state index contributed by atoms with van der Waals surface area (Å²) >= 11 is 1.53. The van der Waals surface area contributed by atoms with Crippen molar-refractivity contribution in [1.29, 1.82) is 0 Å². The van der Waals surface area contributed by atoms with E-state index in [1.807, 2.05) is 0 Å². The summed E-state index contributed by atoms with van der Waals surface area (Å²) in [7, 11) is 0. The highest BCUT2D eigenvalue weighted by Gasteiger charge is 2.61. The number of carboxylic acid groups (broad SMARTS) is 1. The minimum absolute atomic E-state index is 0.100. The van der Waals surface area contributed by atoms with Crippen molar-refractivity contribution in [3.8, 4) is 0 Å². The summed E-state index contributed by atoms with van der Waals surface area (Å²) < 4.78 is 5.34. The van der Waals surface area contributed by atoms with Crippen LogP contribution in [0.15, 0.2) is 0 Å². The van der Waals surface area contributed by atoms with Crippen molar-refractivity contribution in [3.05, 3.63) is 0 Å². The van der Waals surface area contributed by atoms with Crippen molar-refractivity contribution in [2.75, 3.05) is 13.2 Å². The first-order valence-corrected chi connectivity index (χ1v) is 7.91. The zero-order valence-corrected chi connectivity index (χ0v) is 12.1. The molecule has 0 aliphatic carbocycles. The number of aliphatic hydroxyl groups is 1. The van der Waals surface area contributed by atoms with Gasteiger partial charge in [-0.05, 0) is 25.7 Å². The van der Waals surface area contributed by atoms with Crippen molar-refractivity contribution < 1.29 is 24.5 Å². The number of nitrogens with zero attached hydrogens (tertiary/aromatic N) is 1. The summed E-state index contributed by atoms with van der Waals surface area (Å²) in [4.78, 5) is 25.0. The fourth-order valence-corrected chi connectivity index (χ4v) is 5.41. The molecule has 3 fully saturated rings. The van der Waals surface area contributed by atoms with Crippen LogP contribution in [0.5, 0.6) is 0 Å². The van der Waals surface area contributed by atoms with E-state index < -0.39 is 24.0 Å². The second-order valence-electron chi connectivity index (χ2n) is 5.83. The molecule has 0 radical (unpaired) electrons. The third kappa shape index (κ3) is 2.12. The second-order valence-corrected chi connectivity index (χ2v) is 7.19. The Morgan fingerprint density at radius 2 is 2.35 bits per heavy atom. The lowest BCUT2D eigenvalue weighted by Crippen LogP contribution is -2.64. The normalized spacial score (nSPS) is 41.4. The van der Waals surface area contributed by atoms with Crippen molar-refractivity contribution in [3.63, 3.8) is 0 Å². The first kappa shape index (κ1) is 14.2. The van der Waals surface area contributed by atoms with Crippen molar-refractivity contribution >= 4 is 23.6 Å². The van der Waals surface area contributed by atoms with E-state index in [-0.39, 0.29) is 16.5 Å². The van der Waals surface area contributed by atoms with Crippen LogP contribution in [0.2, 0.25) is 0 Å². The SMILES string of the molecule is C[C@@H](O)[C@H]1C(=O)N2C(C(=O)O)C(CC3CCOC3)SC12. The highest BCUT2D eigenvalue weighted by atomic mass is 32.2. The molecule has 0 aromatic heterocycles. The molecule has 112 valence electrons. The summed E-state index contributed by atoms with van der Waals surface area (Å²) in [5.74, 6) is -1.24. The van der Waals surface area contributed by atoms with Gasteiger partial charge in [0.15, 0.2) is 0 Å². The van der Waals surface area contributed by atoms with Crippen LogP contribution in [0.3, 0.4) is 0 Å². The molecule has 3 heterocycles. The molecule has 3 saturated heterocycles. The highest BCUT2D eigenvalue weighted by Crippen LogP contribution is 2.50. The summed E-state index contributed by atoms with van der Waals surface area (Å²) in [6.07, 6.45) is 0.996. The molecule has 0 spiro atoms. The van der Waals surface area contributed by atoms with Gasteiger partial charge < -0.3 is 19.8 Å². The third-order valence-electron chi connectivity index (χ3n) is 4.45. The molecule has 7 heteroatoms. The van der Waals surface area contributed by atoms with Gasteiger partial charge in [0.2, 0.25) is 5.91 Å². The minimum Gasteiger partial charge on any atom is -0.480 e. The maximum absolute atomic E-state index is 12.0. The monoisotopic (exact) mass is 301 g/mol. The molecule has 6 nitrogen and oxygen atoms in total. The standard InChI is InChI=1S/C13H19NO5S/c1-6(15)9-11(16)14-10(13(17)18)8(20-12(9)14)4-7-2-3-19-5-7/h6-10,12,15H,2-5H2,1H3,(H,17,18)/t6-,7?,8?,9+,10?,12?/m1/s1. The van der Waals surface area contributed by atoms with E-state index in [0.717, 1.165) is 19.4 Å². The largest absolute Gasteiger partial charge is 0.480 e. The molecule has 0 saturated carbocycles. The van der Waals surface area contributed by atoms with Crippen LogP contribution in [0.4, 0.5) is 0 Å². The summed E-state index contributed by atoms with van der Waals surface area (Å²) in [5.41, 5.74) is 0. The predicted molar refractivity (Wildman–Crippen MR) is 72.2 cm³/mol. The van der Waals surface area contributed by atoms with Gasteiger partial charge in [0.05, 0.1) is 17.4 Å². The van der Waals surface area contributed by atoms with E-state index in [2.05, 4.69) is 0 Å².